The number of carbonyl (C=O) groups excluding carboxylic acids is 2. The molecule has 0 aliphatic carbocycles. The first kappa shape index (κ1) is 18.2. The van der Waals surface area contributed by atoms with E-state index in [2.05, 4.69) is 15.9 Å². The number of rotatable bonds is 5. The Labute approximate surface area is 161 Å². The molecule has 3 nitrogen and oxygen atoms in total. The smallest absolute Gasteiger partial charge is 0.223 e. The SMILES string of the molecule is O=C(CCC(=O)N1CCC[C@H]1c1ccc(Cl)cc1)c1ccc(Br)cc1. The number of carbonyl (C=O) groups is 2. The fraction of sp³-hybridized carbons (Fsp3) is 0.300. The van der Waals surface area contributed by atoms with Crippen LogP contribution < -0.4 is 0 Å². The molecule has 0 saturated carbocycles. The van der Waals surface area contributed by atoms with Crippen LogP contribution in [-0.2, 0) is 4.79 Å². The van der Waals surface area contributed by atoms with Crippen LogP contribution in [0.4, 0.5) is 0 Å². The van der Waals surface area contributed by atoms with Gasteiger partial charge in [-0.25, -0.2) is 0 Å². The molecule has 1 saturated heterocycles. The van der Waals surface area contributed by atoms with Crippen LogP contribution in [-0.4, -0.2) is 23.1 Å². The summed E-state index contributed by atoms with van der Waals surface area (Å²) in [6, 6.07) is 15.0. The van der Waals surface area contributed by atoms with Crippen LogP contribution in [0, 0.1) is 0 Å². The molecule has 1 aliphatic heterocycles. The molecule has 1 aliphatic rings. The first-order valence-corrected chi connectivity index (χ1v) is 9.55. The zero-order valence-electron chi connectivity index (χ0n) is 13.8. The molecule has 1 atom stereocenters. The van der Waals surface area contributed by atoms with Crippen molar-refractivity contribution in [2.24, 2.45) is 0 Å². The third-order valence-electron chi connectivity index (χ3n) is 4.56. The van der Waals surface area contributed by atoms with E-state index in [1.54, 1.807) is 12.1 Å². The summed E-state index contributed by atoms with van der Waals surface area (Å²) in [5.74, 6) is 0.0472. The van der Waals surface area contributed by atoms with Gasteiger partial charge in [0.25, 0.3) is 0 Å². The summed E-state index contributed by atoms with van der Waals surface area (Å²) in [6.07, 6.45) is 2.43. The summed E-state index contributed by atoms with van der Waals surface area (Å²) in [5, 5.41) is 0.694. The number of ketones is 1. The fourth-order valence-electron chi connectivity index (χ4n) is 3.24. The van der Waals surface area contributed by atoms with Crippen LogP contribution in [0.25, 0.3) is 0 Å². The number of likely N-dealkylation sites (tertiary alicyclic amines) is 1. The molecular formula is C20H19BrClNO2. The molecule has 3 rings (SSSR count). The molecule has 1 heterocycles. The third-order valence-corrected chi connectivity index (χ3v) is 5.34. The van der Waals surface area contributed by atoms with Crippen molar-refractivity contribution in [3.63, 3.8) is 0 Å². The van der Waals surface area contributed by atoms with Crippen LogP contribution in [0.15, 0.2) is 53.0 Å². The Balaban J connectivity index is 1.61. The van der Waals surface area contributed by atoms with Gasteiger partial charge in [-0.1, -0.05) is 51.8 Å². The minimum absolute atomic E-state index is 0.00286. The quantitative estimate of drug-likeness (QED) is 0.605. The highest BCUT2D eigenvalue weighted by Crippen LogP contribution is 2.33. The molecule has 1 amide bonds. The largest absolute Gasteiger partial charge is 0.336 e. The Morgan fingerprint density at radius 1 is 1.04 bits per heavy atom. The van der Waals surface area contributed by atoms with Crippen LogP contribution >= 0.6 is 27.5 Å². The average molecular weight is 421 g/mol. The first-order valence-electron chi connectivity index (χ1n) is 8.38. The van der Waals surface area contributed by atoms with Gasteiger partial charge in [0.1, 0.15) is 0 Å². The molecule has 2 aromatic rings. The van der Waals surface area contributed by atoms with Gasteiger partial charge in [0, 0.05) is 34.4 Å². The molecule has 0 aromatic heterocycles. The normalized spacial score (nSPS) is 16.9. The van der Waals surface area contributed by atoms with E-state index in [0.29, 0.717) is 10.6 Å². The topological polar surface area (TPSA) is 37.4 Å². The Morgan fingerprint density at radius 3 is 2.40 bits per heavy atom. The second kappa shape index (κ2) is 8.15. The Hall–Kier alpha value is -1.65. The Kier molecular flexibility index (Phi) is 5.92. The highest BCUT2D eigenvalue weighted by Gasteiger charge is 2.29. The van der Waals surface area contributed by atoms with Gasteiger partial charge in [-0.05, 0) is 42.7 Å². The van der Waals surface area contributed by atoms with Crippen LogP contribution in [0.3, 0.4) is 0 Å². The molecule has 1 fully saturated rings. The molecule has 0 radical (unpaired) electrons. The summed E-state index contributed by atoms with van der Waals surface area (Å²) < 4.78 is 0.933. The van der Waals surface area contributed by atoms with Crippen molar-refractivity contribution in [2.45, 2.75) is 31.7 Å². The van der Waals surface area contributed by atoms with Crippen molar-refractivity contribution in [1.29, 1.82) is 0 Å². The molecule has 25 heavy (non-hydrogen) atoms. The van der Waals surface area contributed by atoms with E-state index in [-0.39, 0.29) is 30.6 Å². The Bertz CT molecular complexity index is 758. The van der Waals surface area contributed by atoms with E-state index in [1.165, 1.54) is 0 Å². The molecule has 0 N–H and O–H groups in total. The summed E-state index contributed by atoms with van der Waals surface area (Å²) in [5.41, 5.74) is 1.75. The Morgan fingerprint density at radius 2 is 1.72 bits per heavy atom. The minimum atomic E-state index is 0.00286. The van der Waals surface area contributed by atoms with Crippen LogP contribution in [0.2, 0.25) is 5.02 Å². The summed E-state index contributed by atoms with van der Waals surface area (Å²) in [4.78, 5) is 26.8. The van der Waals surface area contributed by atoms with Crippen molar-refractivity contribution in [1.82, 2.24) is 4.90 Å². The molecule has 0 spiro atoms. The predicted octanol–water partition coefficient (Wildman–Crippen LogP) is 5.43. The first-order chi connectivity index (χ1) is 12.0. The van der Waals surface area contributed by atoms with Gasteiger partial charge >= 0.3 is 0 Å². The van der Waals surface area contributed by atoms with Crippen molar-refractivity contribution < 1.29 is 9.59 Å². The number of Topliss-reactive ketones (excluding diaryl/α,β-unsaturated/α-hetero) is 1. The predicted molar refractivity (Wildman–Crippen MR) is 103 cm³/mol. The minimum Gasteiger partial charge on any atom is -0.336 e. The highest BCUT2D eigenvalue weighted by molar-refractivity contribution is 9.10. The molecule has 130 valence electrons. The van der Waals surface area contributed by atoms with Crippen molar-refractivity contribution in [3.05, 3.63) is 69.2 Å². The van der Waals surface area contributed by atoms with Crippen LogP contribution in [0.5, 0.6) is 0 Å². The molecule has 5 heteroatoms. The number of halogens is 2. The zero-order chi connectivity index (χ0) is 17.8. The second-order valence-corrected chi connectivity index (χ2v) is 7.58. The van der Waals surface area contributed by atoms with Crippen molar-refractivity contribution in [2.75, 3.05) is 6.54 Å². The molecule has 0 unspecified atom stereocenters. The lowest BCUT2D eigenvalue weighted by molar-refractivity contribution is -0.132. The second-order valence-electron chi connectivity index (χ2n) is 6.23. The fourth-order valence-corrected chi connectivity index (χ4v) is 3.63. The third kappa shape index (κ3) is 4.50. The van der Waals surface area contributed by atoms with E-state index in [0.717, 1.165) is 29.4 Å². The van der Waals surface area contributed by atoms with Gasteiger partial charge in [-0.15, -0.1) is 0 Å². The van der Waals surface area contributed by atoms with Crippen molar-refractivity contribution in [3.8, 4) is 0 Å². The lowest BCUT2D eigenvalue weighted by Gasteiger charge is -2.25. The lowest BCUT2D eigenvalue weighted by atomic mass is 10.0. The average Bonchev–Trinajstić information content (AvgIpc) is 3.10. The van der Waals surface area contributed by atoms with Gasteiger partial charge in [-0.2, -0.15) is 0 Å². The molecular weight excluding hydrogens is 402 g/mol. The van der Waals surface area contributed by atoms with Crippen LogP contribution in [0.1, 0.15) is 47.6 Å². The van der Waals surface area contributed by atoms with Gasteiger partial charge in [0.15, 0.2) is 5.78 Å². The highest BCUT2D eigenvalue weighted by atomic mass is 79.9. The van der Waals surface area contributed by atoms with Crippen molar-refractivity contribution >= 4 is 39.2 Å². The number of hydrogen-bond acceptors (Lipinski definition) is 2. The summed E-state index contributed by atoms with van der Waals surface area (Å²) in [6.45, 7) is 0.749. The van der Waals surface area contributed by atoms with E-state index in [9.17, 15) is 9.59 Å². The lowest BCUT2D eigenvalue weighted by Crippen LogP contribution is -2.30. The standard InChI is InChI=1S/C20H19BrClNO2/c21-16-7-3-15(4-8-16)19(24)11-12-20(25)23-13-1-2-18(23)14-5-9-17(22)10-6-14/h3-10,18H,1-2,11-13H2/t18-/m0/s1. The maximum Gasteiger partial charge on any atom is 0.223 e. The van der Waals surface area contributed by atoms with E-state index in [4.69, 9.17) is 11.6 Å². The molecule has 2 aromatic carbocycles. The van der Waals surface area contributed by atoms with Gasteiger partial charge < -0.3 is 4.90 Å². The van der Waals surface area contributed by atoms with Gasteiger partial charge in [0.05, 0.1) is 6.04 Å². The van der Waals surface area contributed by atoms with E-state index >= 15 is 0 Å². The maximum atomic E-state index is 12.6. The van der Waals surface area contributed by atoms with E-state index in [1.807, 2.05) is 41.3 Å². The monoisotopic (exact) mass is 419 g/mol. The zero-order valence-corrected chi connectivity index (χ0v) is 16.1. The van der Waals surface area contributed by atoms with Gasteiger partial charge in [0.2, 0.25) is 5.91 Å². The van der Waals surface area contributed by atoms with E-state index < -0.39 is 0 Å². The summed E-state index contributed by atoms with van der Waals surface area (Å²) >= 11 is 9.30. The number of benzene rings is 2. The maximum absolute atomic E-state index is 12.6. The number of nitrogens with zero attached hydrogens (tertiary/aromatic N) is 1. The number of hydrogen-bond donors (Lipinski definition) is 0. The summed E-state index contributed by atoms with van der Waals surface area (Å²) in [7, 11) is 0. The van der Waals surface area contributed by atoms with Gasteiger partial charge in [-0.3, -0.25) is 9.59 Å². The number of amides is 1. The molecule has 0 bridgehead atoms.